The first-order valence-corrected chi connectivity index (χ1v) is 8.46. The van der Waals surface area contributed by atoms with Gasteiger partial charge in [-0.05, 0) is 50.1 Å². The number of imide groups is 1. The predicted molar refractivity (Wildman–Crippen MR) is 86.6 cm³/mol. The van der Waals surface area contributed by atoms with E-state index in [1.54, 1.807) is 30.0 Å². The summed E-state index contributed by atoms with van der Waals surface area (Å²) in [5.74, 6) is 0.660. The maximum atomic E-state index is 12.3. The summed E-state index contributed by atoms with van der Waals surface area (Å²) in [4.78, 5) is 39.7. The summed E-state index contributed by atoms with van der Waals surface area (Å²) in [5.41, 5.74) is 0. The Balaban J connectivity index is 1.68. The van der Waals surface area contributed by atoms with Crippen LogP contribution in [0.2, 0.25) is 0 Å². The molecule has 0 spiro atoms. The van der Waals surface area contributed by atoms with E-state index in [0.29, 0.717) is 18.8 Å². The zero-order chi connectivity index (χ0) is 16.4. The third-order valence-corrected chi connectivity index (χ3v) is 4.82. The van der Waals surface area contributed by atoms with Crippen LogP contribution in [0.1, 0.15) is 30.8 Å². The second-order valence-corrected chi connectivity index (χ2v) is 6.65. The van der Waals surface area contributed by atoms with Crippen molar-refractivity contribution in [1.29, 1.82) is 0 Å². The lowest BCUT2D eigenvalue weighted by Crippen LogP contribution is -2.44. The van der Waals surface area contributed by atoms with Crippen molar-refractivity contribution in [3.8, 4) is 0 Å². The largest absolute Gasteiger partial charge is 0.462 e. The molecule has 3 rings (SSSR count). The zero-order valence-electron chi connectivity index (χ0n) is 12.9. The Morgan fingerprint density at radius 3 is 2.65 bits per heavy atom. The summed E-state index contributed by atoms with van der Waals surface area (Å²) in [6, 6.07) is 3.53. The quantitative estimate of drug-likeness (QED) is 0.795. The second-order valence-electron chi connectivity index (χ2n) is 5.66. The summed E-state index contributed by atoms with van der Waals surface area (Å²) in [6.45, 7) is 3.03. The van der Waals surface area contributed by atoms with Gasteiger partial charge in [0.05, 0.1) is 4.91 Å². The van der Waals surface area contributed by atoms with E-state index in [1.807, 2.05) is 0 Å². The number of hydrogen-bond acceptors (Lipinski definition) is 5. The number of furan rings is 1. The van der Waals surface area contributed by atoms with E-state index in [-0.39, 0.29) is 17.4 Å². The first kappa shape index (κ1) is 15.9. The minimum absolute atomic E-state index is 0.165. The molecule has 6 nitrogen and oxygen atoms in total. The van der Waals surface area contributed by atoms with Crippen LogP contribution in [0.25, 0.3) is 6.08 Å². The van der Waals surface area contributed by atoms with E-state index in [9.17, 15) is 14.4 Å². The summed E-state index contributed by atoms with van der Waals surface area (Å²) in [6.07, 6.45) is 4.62. The first-order valence-electron chi connectivity index (χ1n) is 7.64. The summed E-state index contributed by atoms with van der Waals surface area (Å²) >= 11 is 0.842. The molecule has 1 aromatic rings. The predicted octanol–water partition coefficient (Wildman–Crippen LogP) is 2.64. The third kappa shape index (κ3) is 3.50. The molecule has 2 aliphatic heterocycles. The summed E-state index contributed by atoms with van der Waals surface area (Å²) in [7, 11) is 0. The average Bonchev–Trinajstić information content (AvgIpc) is 3.07. The fourth-order valence-electron chi connectivity index (χ4n) is 2.68. The molecule has 3 amide bonds. The average molecular weight is 334 g/mol. The molecule has 1 aromatic heterocycles. The molecule has 2 aliphatic rings. The minimum Gasteiger partial charge on any atom is -0.462 e. The number of rotatable bonds is 3. The van der Waals surface area contributed by atoms with Crippen molar-refractivity contribution in [3.63, 3.8) is 0 Å². The van der Waals surface area contributed by atoms with Gasteiger partial charge >= 0.3 is 0 Å². The number of hydrogen-bond donors (Lipinski definition) is 0. The topological polar surface area (TPSA) is 70.8 Å². The summed E-state index contributed by atoms with van der Waals surface area (Å²) < 4.78 is 5.39. The molecule has 0 unspecified atom stereocenters. The van der Waals surface area contributed by atoms with E-state index in [0.717, 1.165) is 41.7 Å². The number of likely N-dealkylation sites (tertiary alicyclic amines) is 1. The fraction of sp³-hybridized carbons (Fsp3) is 0.438. The normalized spacial score (nSPS) is 20.7. The molecule has 0 aromatic carbocycles. The van der Waals surface area contributed by atoms with Gasteiger partial charge in [0.15, 0.2) is 0 Å². The van der Waals surface area contributed by atoms with Gasteiger partial charge in [0, 0.05) is 19.2 Å². The van der Waals surface area contributed by atoms with Gasteiger partial charge in [-0.3, -0.25) is 19.3 Å². The Labute approximate surface area is 138 Å². The molecule has 7 heteroatoms. The second kappa shape index (κ2) is 6.62. The maximum absolute atomic E-state index is 12.3. The van der Waals surface area contributed by atoms with Gasteiger partial charge in [-0.25, -0.2) is 0 Å². The monoisotopic (exact) mass is 334 g/mol. The molecule has 2 fully saturated rings. The van der Waals surface area contributed by atoms with Gasteiger partial charge in [0.2, 0.25) is 5.91 Å². The van der Waals surface area contributed by atoms with Crippen molar-refractivity contribution in [2.45, 2.75) is 26.2 Å². The lowest BCUT2D eigenvalue weighted by atomic mass is 10.1. The van der Waals surface area contributed by atoms with Crippen LogP contribution in [0.5, 0.6) is 0 Å². The maximum Gasteiger partial charge on any atom is 0.294 e. The fourth-order valence-corrected chi connectivity index (χ4v) is 3.49. The van der Waals surface area contributed by atoms with Crippen molar-refractivity contribution in [2.75, 3.05) is 19.6 Å². The van der Waals surface area contributed by atoms with E-state index in [4.69, 9.17) is 4.42 Å². The van der Waals surface area contributed by atoms with Gasteiger partial charge in [-0.15, -0.1) is 0 Å². The van der Waals surface area contributed by atoms with E-state index >= 15 is 0 Å². The van der Waals surface area contributed by atoms with E-state index < -0.39 is 11.1 Å². The Morgan fingerprint density at radius 1 is 1.26 bits per heavy atom. The molecule has 0 N–H and O–H groups in total. The molecule has 0 aliphatic carbocycles. The molecule has 3 heterocycles. The van der Waals surface area contributed by atoms with E-state index in [1.165, 1.54) is 0 Å². The highest BCUT2D eigenvalue weighted by Gasteiger charge is 2.37. The van der Waals surface area contributed by atoms with Crippen molar-refractivity contribution < 1.29 is 18.8 Å². The Kier molecular flexibility index (Phi) is 4.56. The molecule has 0 atom stereocenters. The summed E-state index contributed by atoms with van der Waals surface area (Å²) in [5, 5.41) is -0.408. The molecule has 0 saturated carbocycles. The number of amides is 3. The van der Waals surface area contributed by atoms with E-state index in [2.05, 4.69) is 0 Å². The first-order chi connectivity index (χ1) is 11.0. The number of aryl methyl sites for hydroxylation is 1. The zero-order valence-corrected chi connectivity index (χ0v) is 13.7. The van der Waals surface area contributed by atoms with Crippen LogP contribution < -0.4 is 0 Å². The van der Waals surface area contributed by atoms with Crippen molar-refractivity contribution >= 4 is 34.9 Å². The highest BCUT2D eigenvalue weighted by molar-refractivity contribution is 8.18. The Morgan fingerprint density at radius 2 is 2.00 bits per heavy atom. The number of nitrogens with zero attached hydrogens (tertiary/aromatic N) is 2. The number of thioether (sulfide) groups is 1. The van der Waals surface area contributed by atoms with Crippen LogP contribution in [0.3, 0.4) is 0 Å². The SMILES string of the molecule is Cc1ccc(/C=C2\SC(=O)N(CC(=O)N3CCCCC3)C2=O)o1. The number of carbonyl (C=O) groups is 3. The molecule has 0 bridgehead atoms. The molecular weight excluding hydrogens is 316 g/mol. The van der Waals surface area contributed by atoms with Crippen molar-refractivity contribution in [1.82, 2.24) is 9.80 Å². The standard InChI is InChI=1S/C16H18N2O4S/c1-11-5-6-12(22-11)9-13-15(20)18(16(21)23-13)10-14(19)17-7-3-2-4-8-17/h5-6,9H,2-4,7-8,10H2,1H3/b13-9-. The molecule has 122 valence electrons. The van der Waals surface area contributed by atoms with Gasteiger partial charge in [0.1, 0.15) is 18.1 Å². The van der Waals surface area contributed by atoms with Gasteiger partial charge in [-0.1, -0.05) is 0 Å². The van der Waals surface area contributed by atoms with Crippen LogP contribution >= 0.6 is 11.8 Å². The number of piperidine rings is 1. The van der Waals surface area contributed by atoms with Crippen LogP contribution in [0.4, 0.5) is 4.79 Å². The van der Waals surface area contributed by atoms with Gasteiger partial charge in [0.25, 0.3) is 11.1 Å². The Hall–Kier alpha value is -2.02. The molecule has 2 saturated heterocycles. The van der Waals surface area contributed by atoms with Crippen LogP contribution in [0, 0.1) is 6.92 Å². The van der Waals surface area contributed by atoms with Crippen LogP contribution in [-0.4, -0.2) is 46.5 Å². The molecule has 23 heavy (non-hydrogen) atoms. The van der Waals surface area contributed by atoms with Gasteiger partial charge in [-0.2, -0.15) is 0 Å². The number of carbonyl (C=O) groups excluding carboxylic acids is 3. The van der Waals surface area contributed by atoms with Gasteiger partial charge < -0.3 is 9.32 Å². The minimum atomic E-state index is -0.431. The highest BCUT2D eigenvalue weighted by atomic mass is 32.2. The van der Waals surface area contributed by atoms with Crippen LogP contribution in [-0.2, 0) is 9.59 Å². The highest BCUT2D eigenvalue weighted by Crippen LogP contribution is 2.32. The van der Waals surface area contributed by atoms with Crippen molar-refractivity contribution in [3.05, 3.63) is 28.6 Å². The third-order valence-electron chi connectivity index (χ3n) is 3.91. The molecule has 0 radical (unpaired) electrons. The van der Waals surface area contributed by atoms with Crippen molar-refractivity contribution in [2.24, 2.45) is 0 Å². The molecular formula is C16H18N2O4S. The lowest BCUT2D eigenvalue weighted by Gasteiger charge is -2.27. The van der Waals surface area contributed by atoms with Crippen LogP contribution in [0.15, 0.2) is 21.5 Å². The smallest absolute Gasteiger partial charge is 0.294 e. The lowest BCUT2D eigenvalue weighted by molar-refractivity contribution is -0.136. The Bertz CT molecular complexity index is 673.